The Hall–Kier alpha value is -2.60. The Labute approximate surface area is 118 Å². The van der Waals surface area contributed by atoms with Gasteiger partial charge in [-0.05, 0) is 55.2 Å². The summed E-state index contributed by atoms with van der Waals surface area (Å²) in [6.07, 6.45) is 1.87. The molecule has 0 aromatic heterocycles. The average Bonchev–Trinajstić information content (AvgIpc) is 2.40. The third kappa shape index (κ3) is 3.46. The van der Waals surface area contributed by atoms with Gasteiger partial charge in [0.2, 0.25) is 0 Å². The Morgan fingerprint density at radius 2 is 1.40 bits per heavy atom. The van der Waals surface area contributed by atoms with Crippen LogP contribution in [0.3, 0.4) is 0 Å². The molecule has 0 fully saturated rings. The first-order chi connectivity index (χ1) is 9.50. The van der Waals surface area contributed by atoms with E-state index in [1.165, 1.54) is 0 Å². The molecule has 0 heterocycles. The van der Waals surface area contributed by atoms with E-state index in [1.54, 1.807) is 26.0 Å². The Balaban J connectivity index is 2.17. The highest BCUT2D eigenvalue weighted by Crippen LogP contribution is 2.25. The van der Waals surface area contributed by atoms with Crippen LogP contribution in [0, 0.1) is 12.0 Å². The Morgan fingerprint density at radius 1 is 0.900 bits per heavy atom. The topological polar surface area (TPSA) is 49.7 Å². The van der Waals surface area contributed by atoms with E-state index >= 15 is 0 Å². The lowest BCUT2D eigenvalue weighted by Gasteiger charge is -2.20. The van der Waals surface area contributed by atoms with Gasteiger partial charge < -0.3 is 14.9 Å². The summed E-state index contributed by atoms with van der Waals surface area (Å²) in [5.74, 6) is 3.51. The third-order valence-corrected chi connectivity index (χ3v) is 2.78. The SMILES string of the molecule is CC(C)(C#CO)Oc1ccc(-c2ccc(O)cc2)cc1. The van der Waals surface area contributed by atoms with E-state index in [1.807, 2.05) is 42.5 Å². The number of aromatic hydroxyl groups is 1. The van der Waals surface area contributed by atoms with Gasteiger partial charge in [0.15, 0.2) is 5.60 Å². The van der Waals surface area contributed by atoms with Gasteiger partial charge in [-0.25, -0.2) is 0 Å². The van der Waals surface area contributed by atoms with E-state index in [0.29, 0.717) is 5.75 Å². The summed E-state index contributed by atoms with van der Waals surface area (Å²) in [4.78, 5) is 0. The van der Waals surface area contributed by atoms with Gasteiger partial charge in [0.1, 0.15) is 17.6 Å². The summed E-state index contributed by atoms with van der Waals surface area (Å²) in [7, 11) is 0. The van der Waals surface area contributed by atoms with Gasteiger partial charge in [0.25, 0.3) is 0 Å². The molecule has 0 saturated carbocycles. The van der Waals surface area contributed by atoms with Crippen molar-refractivity contribution in [2.75, 3.05) is 0 Å². The highest BCUT2D eigenvalue weighted by atomic mass is 16.5. The van der Waals surface area contributed by atoms with Crippen LogP contribution in [0.25, 0.3) is 11.1 Å². The highest BCUT2D eigenvalue weighted by molar-refractivity contribution is 5.64. The summed E-state index contributed by atoms with van der Waals surface area (Å²) in [6.45, 7) is 3.56. The first-order valence-corrected chi connectivity index (χ1v) is 6.25. The number of phenols is 1. The van der Waals surface area contributed by atoms with Crippen LogP contribution in [0.2, 0.25) is 0 Å². The highest BCUT2D eigenvalue weighted by Gasteiger charge is 2.16. The largest absolute Gasteiger partial charge is 0.508 e. The fourth-order valence-corrected chi connectivity index (χ4v) is 1.82. The van der Waals surface area contributed by atoms with Gasteiger partial charge in [-0.1, -0.05) is 24.3 Å². The molecule has 3 heteroatoms. The van der Waals surface area contributed by atoms with Crippen LogP contribution in [-0.2, 0) is 0 Å². The monoisotopic (exact) mass is 268 g/mol. The number of benzene rings is 2. The Kier molecular flexibility index (Phi) is 3.86. The van der Waals surface area contributed by atoms with E-state index in [2.05, 4.69) is 5.92 Å². The third-order valence-electron chi connectivity index (χ3n) is 2.78. The fourth-order valence-electron chi connectivity index (χ4n) is 1.82. The molecule has 0 aliphatic carbocycles. The fraction of sp³-hybridized carbons (Fsp3) is 0.176. The number of phenolic OH excluding ortho intramolecular Hbond substituents is 1. The molecule has 0 aliphatic heterocycles. The Morgan fingerprint density at radius 3 is 1.90 bits per heavy atom. The summed E-state index contributed by atoms with van der Waals surface area (Å²) in [5, 5.41) is 17.9. The zero-order valence-corrected chi connectivity index (χ0v) is 11.4. The van der Waals surface area contributed by atoms with Crippen molar-refractivity contribution in [3.05, 3.63) is 48.5 Å². The zero-order chi connectivity index (χ0) is 14.6. The van der Waals surface area contributed by atoms with Crippen LogP contribution in [0.5, 0.6) is 11.5 Å². The van der Waals surface area contributed by atoms with Crippen LogP contribution in [-0.4, -0.2) is 15.8 Å². The predicted molar refractivity (Wildman–Crippen MR) is 78.0 cm³/mol. The van der Waals surface area contributed by atoms with E-state index < -0.39 is 5.60 Å². The number of rotatable bonds is 3. The summed E-state index contributed by atoms with van der Waals surface area (Å²) in [6, 6.07) is 14.6. The summed E-state index contributed by atoms with van der Waals surface area (Å²) >= 11 is 0. The van der Waals surface area contributed by atoms with Crippen molar-refractivity contribution in [1.82, 2.24) is 0 Å². The molecular formula is C17H16O3. The second-order valence-electron chi connectivity index (χ2n) is 4.92. The lowest BCUT2D eigenvalue weighted by Crippen LogP contribution is -2.25. The van der Waals surface area contributed by atoms with Gasteiger partial charge in [0, 0.05) is 0 Å². The van der Waals surface area contributed by atoms with E-state index in [0.717, 1.165) is 11.1 Å². The minimum absolute atomic E-state index is 0.248. The van der Waals surface area contributed by atoms with Crippen molar-refractivity contribution in [2.24, 2.45) is 0 Å². The maximum absolute atomic E-state index is 9.27. The predicted octanol–water partition coefficient (Wildman–Crippen LogP) is 3.55. The molecule has 0 aliphatic rings. The number of hydrogen-bond donors (Lipinski definition) is 2. The number of hydrogen-bond acceptors (Lipinski definition) is 3. The quantitative estimate of drug-likeness (QED) is 0.837. The second kappa shape index (κ2) is 5.58. The second-order valence-corrected chi connectivity index (χ2v) is 4.92. The van der Waals surface area contributed by atoms with Crippen molar-refractivity contribution >= 4 is 0 Å². The summed E-state index contributed by atoms with van der Waals surface area (Å²) < 4.78 is 5.68. The normalized spacial score (nSPS) is 10.5. The molecule has 2 aromatic carbocycles. The molecule has 0 bridgehead atoms. The lowest BCUT2D eigenvalue weighted by molar-refractivity contribution is 0.171. The molecule has 0 amide bonds. The van der Waals surface area contributed by atoms with Crippen LogP contribution >= 0.6 is 0 Å². The van der Waals surface area contributed by atoms with E-state index in [-0.39, 0.29) is 5.75 Å². The van der Waals surface area contributed by atoms with Gasteiger partial charge in [-0.15, -0.1) is 0 Å². The maximum Gasteiger partial charge on any atom is 0.167 e. The molecule has 0 unspecified atom stereocenters. The molecule has 0 spiro atoms. The van der Waals surface area contributed by atoms with Gasteiger partial charge in [0.05, 0.1) is 0 Å². The minimum atomic E-state index is -0.741. The molecule has 0 radical (unpaired) electrons. The van der Waals surface area contributed by atoms with Crippen molar-refractivity contribution in [1.29, 1.82) is 0 Å². The smallest absolute Gasteiger partial charge is 0.167 e. The number of aliphatic hydroxyl groups is 1. The maximum atomic E-state index is 9.27. The van der Waals surface area contributed by atoms with Gasteiger partial charge in [-0.3, -0.25) is 0 Å². The summed E-state index contributed by atoms with van der Waals surface area (Å²) in [5.41, 5.74) is 1.31. The lowest BCUT2D eigenvalue weighted by atomic mass is 10.1. The Bertz CT molecular complexity index is 629. The molecule has 2 rings (SSSR count). The molecule has 102 valence electrons. The van der Waals surface area contributed by atoms with Crippen molar-refractivity contribution in [3.8, 4) is 34.7 Å². The van der Waals surface area contributed by atoms with Crippen molar-refractivity contribution < 1.29 is 14.9 Å². The van der Waals surface area contributed by atoms with Crippen molar-refractivity contribution in [2.45, 2.75) is 19.4 Å². The molecule has 0 atom stereocenters. The first kappa shape index (κ1) is 13.8. The zero-order valence-electron chi connectivity index (χ0n) is 11.4. The first-order valence-electron chi connectivity index (χ1n) is 6.25. The van der Waals surface area contributed by atoms with Gasteiger partial charge >= 0.3 is 0 Å². The van der Waals surface area contributed by atoms with Crippen LogP contribution in [0.1, 0.15) is 13.8 Å². The molecular weight excluding hydrogens is 252 g/mol. The van der Waals surface area contributed by atoms with Crippen LogP contribution < -0.4 is 4.74 Å². The van der Waals surface area contributed by atoms with E-state index in [9.17, 15) is 5.11 Å². The molecule has 2 N–H and O–H groups in total. The molecule has 3 nitrogen and oxygen atoms in total. The minimum Gasteiger partial charge on any atom is -0.508 e. The van der Waals surface area contributed by atoms with Crippen molar-refractivity contribution in [3.63, 3.8) is 0 Å². The number of aliphatic hydroxyl groups excluding tert-OH is 1. The van der Waals surface area contributed by atoms with Crippen LogP contribution in [0.15, 0.2) is 48.5 Å². The standard InChI is InChI=1S/C17H16O3/c1-17(2,11-12-18)20-16-9-5-14(6-10-16)13-3-7-15(19)8-4-13/h3-10,18-19H,1-2H3. The molecule has 2 aromatic rings. The molecule has 0 saturated heterocycles. The number of ether oxygens (including phenoxy) is 1. The molecule has 20 heavy (non-hydrogen) atoms. The van der Waals surface area contributed by atoms with Gasteiger partial charge in [-0.2, -0.15) is 0 Å². The van der Waals surface area contributed by atoms with Crippen LogP contribution in [0.4, 0.5) is 0 Å². The van der Waals surface area contributed by atoms with E-state index in [4.69, 9.17) is 9.84 Å². The average molecular weight is 268 g/mol.